The summed E-state index contributed by atoms with van der Waals surface area (Å²) in [6.07, 6.45) is 5.02. The molecule has 0 aromatic heterocycles. The molecule has 0 aromatic carbocycles. The van der Waals surface area contributed by atoms with E-state index in [0.29, 0.717) is 30.0 Å². The Morgan fingerprint density at radius 2 is 1.81 bits per heavy atom. The molecule has 27 heavy (non-hydrogen) atoms. The first-order chi connectivity index (χ1) is 12.5. The largest absolute Gasteiger partial charge is 0.356 e. The minimum Gasteiger partial charge on any atom is -0.356 e. The highest BCUT2D eigenvalue weighted by atomic mass is 19.1. The minimum absolute atomic E-state index is 0.0751. The molecule has 150 valence electrons. The molecule has 5 nitrogen and oxygen atoms in total. The fourth-order valence-corrected chi connectivity index (χ4v) is 4.04. The number of hydrogen-bond donors (Lipinski definition) is 2. The highest BCUT2D eigenvalue weighted by Crippen LogP contribution is 2.51. The van der Waals surface area contributed by atoms with Crippen LogP contribution in [0.15, 0.2) is 36.7 Å². The fourth-order valence-electron chi connectivity index (χ4n) is 4.04. The molecule has 1 saturated heterocycles. The van der Waals surface area contributed by atoms with Crippen molar-refractivity contribution in [2.24, 2.45) is 11.3 Å². The number of halogens is 1. The Hall–Kier alpha value is -1.95. The molecule has 2 aliphatic rings. The van der Waals surface area contributed by atoms with Crippen molar-refractivity contribution in [3.8, 4) is 0 Å². The van der Waals surface area contributed by atoms with E-state index in [9.17, 15) is 14.0 Å². The van der Waals surface area contributed by atoms with Gasteiger partial charge < -0.3 is 10.6 Å². The Balaban J connectivity index is 1.58. The quantitative estimate of drug-likeness (QED) is 0.640. The fraction of sp³-hybridized carbons (Fsp3) is 0.619. The Morgan fingerprint density at radius 1 is 1.19 bits per heavy atom. The third-order valence-electron chi connectivity index (χ3n) is 4.92. The number of hydrogen-bond acceptors (Lipinski definition) is 3. The van der Waals surface area contributed by atoms with Gasteiger partial charge in [-0.3, -0.25) is 14.5 Å². The lowest BCUT2D eigenvalue weighted by Gasteiger charge is -2.59. The molecule has 0 aromatic rings. The van der Waals surface area contributed by atoms with E-state index < -0.39 is 5.83 Å². The zero-order valence-corrected chi connectivity index (χ0v) is 16.7. The molecule has 0 unspecified atom stereocenters. The van der Waals surface area contributed by atoms with Gasteiger partial charge in [0.2, 0.25) is 11.8 Å². The number of nitrogens with one attached hydrogen (secondary N) is 2. The van der Waals surface area contributed by atoms with Crippen LogP contribution in [0.1, 0.15) is 40.0 Å². The molecular formula is C21H32FN3O2. The maximum atomic E-state index is 12.5. The van der Waals surface area contributed by atoms with Gasteiger partial charge in [0.25, 0.3) is 0 Å². The summed E-state index contributed by atoms with van der Waals surface area (Å²) in [6.45, 7) is 15.9. The van der Waals surface area contributed by atoms with Crippen LogP contribution in [0.25, 0.3) is 0 Å². The van der Waals surface area contributed by atoms with Gasteiger partial charge in [-0.05, 0) is 56.6 Å². The second-order valence-electron chi connectivity index (χ2n) is 9.14. The number of likely N-dealkylation sites (tertiary alicyclic amines) is 1. The lowest BCUT2D eigenvalue weighted by molar-refractivity contribution is -0.134. The molecule has 0 radical (unpaired) electrons. The van der Waals surface area contributed by atoms with Crippen LogP contribution in [0, 0.1) is 11.3 Å². The van der Waals surface area contributed by atoms with Crippen LogP contribution >= 0.6 is 0 Å². The average molecular weight is 378 g/mol. The number of allylic oxidation sites excluding steroid dienone is 3. The van der Waals surface area contributed by atoms with Gasteiger partial charge in [-0.1, -0.05) is 19.2 Å². The van der Waals surface area contributed by atoms with Crippen LogP contribution in [0.2, 0.25) is 0 Å². The van der Waals surface area contributed by atoms with E-state index >= 15 is 0 Å². The monoisotopic (exact) mass is 377 g/mol. The number of rotatable bonds is 8. The number of carbonyl (C=O) groups is 2. The molecule has 1 saturated carbocycles. The molecule has 1 aliphatic carbocycles. The Bertz CT molecular complexity index is 634. The normalized spacial score (nSPS) is 19.4. The maximum Gasteiger partial charge on any atom is 0.234 e. The van der Waals surface area contributed by atoms with Crippen molar-refractivity contribution in [2.75, 3.05) is 26.2 Å². The Labute approximate surface area is 161 Å². The summed E-state index contributed by atoms with van der Waals surface area (Å²) in [6, 6.07) is 0. The average Bonchev–Trinajstić information content (AvgIpc) is 2.43. The molecule has 2 rings (SSSR count). The molecular weight excluding hydrogens is 345 g/mol. The van der Waals surface area contributed by atoms with Gasteiger partial charge in [-0.15, -0.1) is 0 Å². The van der Waals surface area contributed by atoms with Gasteiger partial charge in [-0.25, -0.2) is 4.39 Å². The van der Waals surface area contributed by atoms with E-state index in [2.05, 4.69) is 28.7 Å². The third kappa shape index (κ3) is 6.94. The van der Waals surface area contributed by atoms with Gasteiger partial charge in [-0.2, -0.15) is 0 Å². The predicted octanol–water partition coefficient (Wildman–Crippen LogP) is 2.72. The van der Waals surface area contributed by atoms with Crippen LogP contribution in [0.3, 0.4) is 0 Å². The summed E-state index contributed by atoms with van der Waals surface area (Å²) in [5.74, 6) is -0.0778. The van der Waals surface area contributed by atoms with Gasteiger partial charge in [0.15, 0.2) is 0 Å². The van der Waals surface area contributed by atoms with Crippen molar-refractivity contribution in [3.05, 3.63) is 36.7 Å². The van der Waals surface area contributed by atoms with Crippen LogP contribution in [-0.2, 0) is 9.59 Å². The molecule has 6 heteroatoms. The van der Waals surface area contributed by atoms with Crippen LogP contribution in [0.5, 0.6) is 0 Å². The summed E-state index contributed by atoms with van der Waals surface area (Å²) in [5.41, 5.74) is 0.700. The van der Waals surface area contributed by atoms with Crippen molar-refractivity contribution in [1.82, 2.24) is 15.5 Å². The zero-order chi connectivity index (χ0) is 20.2. The topological polar surface area (TPSA) is 61.4 Å². The van der Waals surface area contributed by atoms with Gasteiger partial charge >= 0.3 is 0 Å². The summed E-state index contributed by atoms with van der Waals surface area (Å²) in [5, 5.41) is 5.92. The molecule has 1 heterocycles. The summed E-state index contributed by atoms with van der Waals surface area (Å²) in [4.78, 5) is 26.0. The smallest absolute Gasteiger partial charge is 0.234 e. The van der Waals surface area contributed by atoms with Crippen molar-refractivity contribution in [2.45, 2.75) is 45.6 Å². The van der Waals surface area contributed by atoms with E-state index in [4.69, 9.17) is 0 Å². The van der Waals surface area contributed by atoms with E-state index in [1.54, 1.807) is 0 Å². The van der Waals surface area contributed by atoms with E-state index in [-0.39, 0.29) is 23.8 Å². The first-order valence-electron chi connectivity index (χ1n) is 9.47. The highest BCUT2D eigenvalue weighted by Gasteiger charge is 2.52. The van der Waals surface area contributed by atoms with E-state index in [1.807, 2.05) is 20.8 Å². The van der Waals surface area contributed by atoms with Crippen molar-refractivity contribution in [3.63, 3.8) is 0 Å². The highest BCUT2D eigenvalue weighted by molar-refractivity contribution is 5.79. The number of carbonyl (C=O) groups excluding carboxylic acids is 2. The lowest BCUT2D eigenvalue weighted by Crippen LogP contribution is -2.64. The Morgan fingerprint density at radius 3 is 2.37 bits per heavy atom. The second kappa shape index (κ2) is 8.38. The summed E-state index contributed by atoms with van der Waals surface area (Å²) < 4.78 is 12.5. The zero-order valence-electron chi connectivity index (χ0n) is 16.7. The summed E-state index contributed by atoms with van der Waals surface area (Å²) in [7, 11) is 0. The number of amides is 2. The van der Waals surface area contributed by atoms with Crippen LogP contribution in [-0.4, -0.2) is 48.4 Å². The predicted molar refractivity (Wildman–Crippen MR) is 106 cm³/mol. The maximum absolute atomic E-state index is 12.5. The van der Waals surface area contributed by atoms with Crippen molar-refractivity contribution >= 4 is 11.8 Å². The molecule has 2 fully saturated rings. The van der Waals surface area contributed by atoms with Crippen LogP contribution in [0.4, 0.5) is 4.39 Å². The standard InChI is InChI=1S/C21H32FN3O2/c1-15(6-7-16(2)22)8-18(26)23-11-17-9-21(10-17)13-25(14-21)12-19(27)24-20(3,4)5/h6-7,17H,1-2,8-14H2,3-5H3,(H,23,26)(H,24,27)/b7-6-. The van der Waals surface area contributed by atoms with Gasteiger partial charge in [0, 0.05) is 25.2 Å². The van der Waals surface area contributed by atoms with E-state index in [1.165, 1.54) is 12.2 Å². The molecule has 0 atom stereocenters. The van der Waals surface area contributed by atoms with Gasteiger partial charge in [0.1, 0.15) is 5.83 Å². The first kappa shape index (κ1) is 21.4. The SMILES string of the molecule is C=C(F)/C=C\C(=C)CC(=O)NCC1CC2(C1)CN(CC(=O)NC(C)(C)C)C2. The second-order valence-corrected chi connectivity index (χ2v) is 9.14. The molecule has 2 amide bonds. The lowest BCUT2D eigenvalue weighted by atomic mass is 9.57. The minimum atomic E-state index is -0.554. The third-order valence-corrected chi connectivity index (χ3v) is 4.92. The molecule has 1 spiro atoms. The van der Waals surface area contributed by atoms with Crippen molar-refractivity contribution in [1.29, 1.82) is 0 Å². The Kier molecular flexibility index (Phi) is 6.63. The van der Waals surface area contributed by atoms with Crippen molar-refractivity contribution < 1.29 is 14.0 Å². The van der Waals surface area contributed by atoms with Crippen LogP contribution < -0.4 is 10.6 Å². The first-order valence-corrected chi connectivity index (χ1v) is 9.47. The van der Waals surface area contributed by atoms with E-state index in [0.717, 1.165) is 25.9 Å². The molecule has 2 N–H and O–H groups in total. The summed E-state index contributed by atoms with van der Waals surface area (Å²) >= 11 is 0. The number of nitrogens with zero attached hydrogens (tertiary/aromatic N) is 1. The molecule has 0 bridgehead atoms. The molecule has 1 aliphatic heterocycles. The van der Waals surface area contributed by atoms with Gasteiger partial charge in [0.05, 0.1) is 13.0 Å².